The van der Waals surface area contributed by atoms with E-state index in [1.165, 1.54) is 19.1 Å². The quantitative estimate of drug-likeness (QED) is 0.699. The van der Waals surface area contributed by atoms with Crippen LogP contribution in [0.15, 0.2) is 60.7 Å². The maximum atomic E-state index is 12.6. The van der Waals surface area contributed by atoms with Crippen LogP contribution in [0.1, 0.15) is 5.56 Å². The van der Waals surface area contributed by atoms with Gasteiger partial charge < -0.3 is 19.3 Å². The van der Waals surface area contributed by atoms with E-state index in [9.17, 15) is 14.4 Å². The van der Waals surface area contributed by atoms with Crippen molar-refractivity contribution in [1.29, 1.82) is 0 Å². The summed E-state index contributed by atoms with van der Waals surface area (Å²) in [6.07, 6.45) is -0.660. The van der Waals surface area contributed by atoms with Gasteiger partial charge in [0.05, 0.1) is 7.11 Å². The highest BCUT2D eigenvalue weighted by Gasteiger charge is 2.22. The van der Waals surface area contributed by atoms with Crippen LogP contribution in [0.5, 0.6) is 5.75 Å². The van der Waals surface area contributed by atoms with Gasteiger partial charge in [0.15, 0.2) is 0 Å². The molecule has 0 saturated heterocycles. The summed E-state index contributed by atoms with van der Waals surface area (Å²) in [7, 11) is 2.72. The molecule has 27 heavy (non-hydrogen) atoms. The molecule has 0 heterocycles. The lowest BCUT2D eigenvalue weighted by molar-refractivity contribution is -0.147. The van der Waals surface area contributed by atoms with Crippen molar-refractivity contribution in [2.45, 2.75) is 6.54 Å². The van der Waals surface area contributed by atoms with Crippen LogP contribution in [0.3, 0.4) is 0 Å². The number of likely N-dealkylation sites (N-methyl/N-ethyl adjacent to an activating group) is 1. The lowest BCUT2D eigenvalue weighted by Gasteiger charge is -2.24. The summed E-state index contributed by atoms with van der Waals surface area (Å²) in [6.45, 7) is -0.197. The van der Waals surface area contributed by atoms with Crippen molar-refractivity contribution in [3.8, 4) is 5.75 Å². The summed E-state index contributed by atoms with van der Waals surface area (Å²) < 4.78 is 9.86. The maximum absolute atomic E-state index is 12.6. The molecule has 0 aliphatic heterocycles. The van der Waals surface area contributed by atoms with Gasteiger partial charge in [0.1, 0.15) is 18.8 Å². The van der Waals surface area contributed by atoms with Crippen LogP contribution in [0.4, 0.5) is 4.79 Å². The minimum atomic E-state index is -0.660. The molecule has 2 aromatic rings. The first-order valence-electron chi connectivity index (χ1n) is 8.36. The Morgan fingerprint density at radius 3 is 2.07 bits per heavy atom. The predicted octanol–water partition coefficient (Wildman–Crippen LogP) is 2.32. The van der Waals surface area contributed by atoms with Crippen molar-refractivity contribution >= 4 is 18.0 Å². The standard InChI is InChI=1S/C20H22N2O5/c1-21(20(25)27-17-11-7-4-8-12-17)14-18(23)22(15-19(24)26-2)13-16-9-5-3-6-10-16/h3-12H,13-15H2,1-2H3. The molecule has 0 bridgehead atoms. The van der Waals surface area contributed by atoms with Gasteiger partial charge in [-0.05, 0) is 17.7 Å². The highest BCUT2D eigenvalue weighted by atomic mass is 16.6. The van der Waals surface area contributed by atoms with E-state index in [0.717, 1.165) is 10.5 Å². The normalized spacial score (nSPS) is 10.0. The van der Waals surface area contributed by atoms with E-state index >= 15 is 0 Å². The van der Waals surface area contributed by atoms with Gasteiger partial charge in [0.25, 0.3) is 0 Å². The van der Waals surface area contributed by atoms with Gasteiger partial charge in [-0.1, -0.05) is 48.5 Å². The Balaban J connectivity index is 2.00. The number of carbonyl (C=O) groups is 3. The molecular formula is C20H22N2O5. The van der Waals surface area contributed by atoms with E-state index in [2.05, 4.69) is 4.74 Å². The molecule has 0 radical (unpaired) electrons. The van der Waals surface area contributed by atoms with Crippen molar-refractivity contribution in [3.63, 3.8) is 0 Å². The van der Waals surface area contributed by atoms with Crippen LogP contribution in [0.25, 0.3) is 0 Å². The molecule has 2 rings (SSSR count). The number of hydrogen-bond donors (Lipinski definition) is 0. The van der Waals surface area contributed by atoms with Crippen LogP contribution < -0.4 is 4.74 Å². The highest BCUT2D eigenvalue weighted by Crippen LogP contribution is 2.10. The lowest BCUT2D eigenvalue weighted by atomic mass is 10.2. The van der Waals surface area contributed by atoms with E-state index in [1.54, 1.807) is 30.3 Å². The number of methoxy groups -OCH3 is 1. The summed E-state index contributed by atoms with van der Waals surface area (Å²) in [5, 5.41) is 0. The summed E-state index contributed by atoms with van der Waals surface area (Å²) in [4.78, 5) is 38.9. The first-order chi connectivity index (χ1) is 13.0. The third-order valence-corrected chi connectivity index (χ3v) is 3.75. The molecule has 0 saturated carbocycles. The Kier molecular flexibility index (Phi) is 7.37. The number of rotatable bonds is 7. The predicted molar refractivity (Wildman–Crippen MR) is 99.0 cm³/mol. The molecule has 0 aliphatic rings. The molecule has 142 valence electrons. The second kappa shape index (κ2) is 9.96. The van der Waals surface area contributed by atoms with Crippen LogP contribution in [0, 0.1) is 0 Å². The third kappa shape index (κ3) is 6.47. The van der Waals surface area contributed by atoms with Crippen molar-refractivity contribution in [2.75, 3.05) is 27.2 Å². The fraction of sp³-hybridized carbons (Fsp3) is 0.250. The topological polar surface area (TPSA) is 76.2 Å². The number of nitrogens with zero attached hydrogens (tertiary/aromatic N) is 2. The van der Waals surface area contributed by atoms with E-state index in [0.29, 0.717) is 5.75 Å². The fourth-order valence-electron chi connectivity index (χ4n) is 2.29. The fourth-order valence-corrected chi connectivity index (χ4v) is 2.29. The molecule has 0 unspecified atom stereocenters. The molecule has 0 fully saturated rings. The van der Waals surface area contributed by atoms with Crippen LogP contribution in [0.2, 0.25) is 0 Å². The van der Waals surface area contributed by atoms with Crippen molar-refractivity contribution < 1.29 is 23.9 Å². The number of hydrogen-bond acceptors (Lipinski definition) is 5. The third-order valence-electron chi connectivity index (χ3n) is 3.75. The van der Waals surface area contributed by atoms with Crippen LogP contribution in [-0.4, -0.2) is 55.0 Å². The van der Waals surface area contributed by atoms with Gasteiger partial charge in [-0.25, -0.2) is 4.79 Å². The minimum Gasteiger partial charge on any atom is -0.468 e. The molecule has 0 N–H and O–H groups in total. The Bertz CT molecular complexity index is 764. The van der Waals surface area contributed by atoms with Gasteiger partial charge in [0, 0.05) is 13.6 Å². The zero-order valence-corrected chi connectivity index (χ0v) is 15.3. The van der Waals surface area contributed by atoms with Crippen LogP contribution >= 0.6 is 0 Å². The van der Waals surface area contributed by atoms with Gasteiger partial charge in [-0.3, -0.25) is 9.59 Å². The Labute approximate surface area is 158 Å². The van der Waals surface area contributed by atoms with Gasteiger partial charge in [0.2, 0.25) is 5.91 Å². The largest absolute Gasteiger partial charge is 0.468 e. The van der Waals surface area contributed by atoms with Crippen molar-refractivity contribution in [1.82, 2.24) is 9.80 Å². The Hall–Kier alpha value is -3.35. The van der Waals surface area contributed by atoms with E-state index in [1.807, 2.05) is 30.3 Å². The number of benzene rings is 2. The minimum absolute atomic E-state index is 0.203. The number of carbonyl (C=O) groups excluding carboxylic acids is 3. The second-order valence-corrected chi connectivity index (χ2v) is 5.85. The summed E-state index contributed by atoms with van der Waals surface area (Å²) in [5.74, 6) is -0.539. The molecule has 7 nitrogen and oxygen atoms in total. The average Bonchev–Trinajstić information content (AvgIpc) is 2.68. The second-order valence-electron chi connectivity index (χ2n) is 5.85. The lowest BCUT2D eigenvalue weighted by Crippen LogP contribution is -2.43. The summed E-state index contributed by atoms with van der Waals surface area (Å²) in [6, 6.07) is 17.8. The van der Waals surface area contributed by atoms with Gasteiger partial charge in [-0.2, -0.15) is 0 Å². The molecular weight excluding hydrogens is 348 g/mol. The van der Waals surface area contributed by atoms with Crippen LogP contribution in [-0.2, 0) is 20.9 Å². The van der Waals surface area contributed by atoms with Crippen molar-refractivity contribution in [2.24, 2.45) is 0 Å². The maximum Gasteiger partial charge on any atom is 0.415 e. The smallest absolute Gasteiger partial charge is 0.415 e. The van der Waals surface area contributed by atoms with E-state index < -0.39 is 18.0 Å². The number of ether oxygens (including phenoxy) is 2. The molecule has 2 amide bonds. The molecule has 0 spiro atoms. The molecule has 0 aromatic heterocycles. The first-order valence-corrected chi connectivity index (χ1v) is 8.36. The van der Waals surface area contributed by atoms with Crippen molar-refractivity contribution in [3.05, 3.63) is 66.2 Å². The average molecular weight is 370 g/mol. The van der Waals surface area contributed by atoms with Gasteiger partial charge in [-0.15, -0.1) is 0 Å². The molecule has 0 aliphatic carbocycles. The molecule has 7 heteroatoms. The zero-order chi connectivity index (χ0) is 19.6. The monoisotopic (exact) mass is 370 g/mol. The van der Waals surface area contributed by atoms with E-state index in [-0.39, 0.29) is 19.6 Å². The Morgan fingerprint density at radius 2 is 1.48 bits per heavy atom. The zero-order valence-electron chi connectivity index (χ0n) is 15.3. The summed E-state index contributed by atoms with van der Waals surface area (Å²) >= 11 is 0. The number of amides is 2. The number of para-hydroxylation sites is 1. The van der Waals surface area contributed by atoms with Gasteiger partial charge >= 0.3 is 12.1 Å². The summed E-state index contributed by atoms with van der Waals surface area (Å²) in [5.41, 5.74) is 0.865. The highest BCUT2D eigenvalue weighted by molar-refractivity contribution is 5.85. The molecule has 2 aromatic carbocycles. The SMILES string of the molecule is COC(=O)CN(Cc1ccccc1)C(=O)CN(C)C(=O)Oc1ccccc1. The first kappa shape index (κ1) is 20.0. The number of esters is 1. The molecule has 0 atom stereocenters. The van der Waals surface area contributed by atoms with E-state index in [4.69, 9.17) is 4.74 Å². The Morgan fingerprint density at radius 1 is 0.889 bits per heavy atom.